The zero-order valence-corrected chi connectivity index (χ0v) is 16.1. The molecule has 0 aromatic heterocycles. The van der Waals surface area contributed by atoms with E-state index >= 15 is 0 Å². The molecule has 0 unspecified atom stereocenters. The van der Waals surface area contributed by atoms with E-state index in [0.29, 0.717) is 21.5 Å². The van der Waals surface area contributed by atoms with Crippen molar-refractivity contribution in [2.24, 2.45) is 5.73 Å². The highest BCUT2D eigenvalue weighted by Crippen LogP contribution is 2.33. The van der Waals surface area contributed by atoms with Gasteiger partial charge >= 0.3 is 0 Å². The molecule has 6 nitrogen and oxygen atoms in total. The van der Waals surface area contributed by atoms with Crippen LogP contribution in [0.5, 0.6) is 5.75 Å². The molecule has 0 saturated carbocycles. The van der Waals surface area contributed by atoms with Crippen LogP contribution in [-0.2, 0) is 9.59 Å². The molecule has 0 aliphatic carbocycles. The second-order valence-electron chi connectivity index (χ2n) is 6.25. The van der Waals surface area contributed by atoms with E-state index in [9.17, 15) is 9.59 Å². The van der Waals surface area contributed by atoms with Crippen molar-refractivity contribution in [3.05, 3.63) is 58.1 Å². The lowest BCUT2D eigenvalue weighted by molar-refractivity contribution is -0.125. The molecule has 2 aromatic carbocycles. The van der Waals surface area contributed by atoms with Crippen LogP contribution in [0.2, 0.25) is 10.0 Å². The minimum atomic E-state index is -0.882. The lowest BCUT2D eigenvalue weighted by Crippen LogP contribution is -2.51. The summed E-state index contributed by atoms with van der Waals surface area (Å²) in [6, 6.07) is 12.1. The van der Waals surface area contributed by atoms with E-state index in [-0.39, 0.29) is 25.0 Å². The van der Waals surface area contributed by atoms with Crippen LogP contribution in [-0.4, -0.2) is 31.0 Å². The monoisotopic (exact) mass is 407 g/mol. The van der Waals surface area contributed by atoms with Gasteiger partial charge in [-0.1, -0.05) is 41.4 Å². The van der Waals surface area contributed by atoms with Crippen molar-refractivity contribution in [1.82, 2.24) is 5.32 Å². The van der Waals surface area contributed by atoms with E-state index in [1.54, 1.807) is 36.4 Å². The molecular formula is C19H19Cl2N3O3. The van der Waals surface area contributed by atoms with E-state index in [0.717, 1.165) is 5.56 Å². The second-order valence-corrected chi connectivity index (χ2v) is 7.09. The lowest BCUT2D eigenvalue weighted by Gasteiger charge is -2.33. The zero-order chi connectivity index (χ0) is 19.6. The molecule has 0 saturated heterocycles. The number of carbonyl (C=O) groups excluding carboxylic acids is 2. The molecule has 3 N–H and O–H groups in total. The lowest BCUT2D eigenvalue weighted by atomic mass is 10.1. The van der Waals surface area contributed by atoms with Crippen LogP contribution in [0.3, 0.4) is 0 Å². The summed E-state index contributed by atoms with van der Waals surface area (Å²) in [6.45, 7) is 2.03. The number of benzene rings is 2. The van der Waals surface area contributed by atoms with Gasteiger partial charge in [0, 0.05) is 16.1 Å². The van der Waals surface area contributed by atoms with Gasteiger partial charge in [0.1, 0.15) is 5.75 Å². The molecule has 0 bridgehead atoms. The van der Waals surface area contributed by atoms with Crippen LogP contribution in [0.25, 0.3) is 0 Å². The molecule has 1 heterocycles. The standard InChI is InChI=1S/C19H19Cl2N3O3/c1-11(13-7-6-12(20)8-14(13)21)23-9-18(25)24-10-17(19(22)26)27-16-5-3-2-4-15(16)24/h2-8,11,17,23H,9-10H2,1H3,(H2,22,26)/t11-,17+/m0/s1. The van der Waals surface area contributed by atoms with E-state index in [1.807, 2.05) is 13.0 Å². The predicted octanol–water partition coefficient (Wildman–Crippen LogP) is 2.92. The molecule has 8 heteroatoms. The maximum absolute atomic E-state index is 12.8. The van der Waals surface area contributed by atoms with Gasteiger partial charge in [0.15, 0.2) is 6.10 Å². The van der Waals surface area contributed by atoms with E-state index in [1.165, 1.54) is 4.90 Å². The maximum atomic E-state index is 12.8. The Balaban J connectivity index is 1.72. The summed E-state index contributed by atoms with van der Waals surface area (Å²) in [6.07, 6.45) is -0.882. The minimum absolute atomic E-state index is 0.0555. The number of hydrogen-bond donors (Lipinski definition) is 2. The average molecular weight is 408 g/mol. The number of primary amides is 1. The number of hydrogen-bond acceptors (Lipinski definition) is 4. The van der Waals surface area contributed by atoms with Crippen LogP contribution in [0.15, 0.2) is 42.5 Å². The third kappa shape index (κ3) is 4.35. The number of ether oxygens (including phenoxy) is 1. The van der Waals surface area contributed by atoms with Crippen LogP contribution >= 0.6 is 23.2 Å². The average Bonchev–Trinajstić information content (AvgIpc) is 2.64. The molecule has 2 amide bonds. The van der Waals surface area contributed by atoms with Crippen molar-refractivity contribution < 1.29 is 14.3 Å². The Kier molecular flexibility index (Phi) is 5.89. The predicted molar refractivity (Wildman–Crippen MR) is 105 cm³/mol. The summed E-state index contributed by atoms with van der Waals surface area (Å²) in [5, 5.41) is 4.23. The highest BCUT2D eigenvalue weighted by Gasteiger charge is 2.32. The number of nitrogens with two attached hydrogens (primary N) is 1. The highest BCUT2D eigenvalue weighted by atomic mass is 35.5. The summed E-state index contributed by atoms with van der Waals surface area (Å²) in [4.78, 5) is 25.9. The zero-order valence-electron chi connectivity index (χ0n) is 14.6. The molecule has 2 aromatic rings. The first kappa shape index (κ1) is 19.5. The third-order valence-electron chi connectivity index (χ3n) is 4.38. The van der Waals surface area contributed by atoms with Crippen molar-refractivity contribution in [3.63, 3.8) is 0 Å². The van der Waals surface area contributed by atoms with Gasteiger partial charge in [-0.15, -0.1) is 0 Å². The van der Waals surface area contributed by atoms with Crippen molar-refractivity contribution >= 4 is 40.7 Å². The van der Waals surface area contributed by atoms with Gasteiger partial charge in [0.2, 0.25) is 5.91 Å². The Morgan fingerprint density at radius 3 is 2.74 bits per heavy atom. The Morgan fingerprint density at radius 1 is 1.30 bits per heavy atom. The number of amides is 2. The minimum Gasteiger partial charge on any atom is -0.477 e. The van der Waals surface area contributed by atoms with Gasteiger partial charge in [-0.3, -0.25) is 9.59 Å². The Bertz CT molecular complexity index is 875. The van der Waals surface area contributed by atoms with Crippen molar-refractivity contribution in [1.29, 1.82) is 0 Å². The first-order valence-corrected chi connectivity index (χ1v) is 9.16. The fraction of sp³-hybridized carbons (Fsp3) is 0.263. The normalized spacial score (nSPS) is 17.0. The molecular weight excluding hydrogens is 389 g/mol. The smallest absolute Gasteiger partial charge is 0.260 e. The summed E-state index contributed by atoms with van der Waals surface area (Å²) in [5.74, 6) is -0.361. The summed E-state index contributed by atoms with van der Waals surface area (Å²) in [5.41, 5.74) is 6.82. The number of para-hydroxylation sites is 2. The number of halogens is 2. The van der Waals surface area contributed by atoms with E-state index < -0.39 is 12.0 Å². The molecule has 3 rings (SSSR count). The van der Waals surface area contributed by atoms with Gasteiger partial charge in [0.05, 0.1) is 18.8 Å². The number of nitrogens with zero attached hydrogens (tertiary/aromatic N) is 1. The molecule has 0 spiro atoms. The molecule has 1 aliphatic rings. The number of anilines is 1. The first-order chi connectivity index (χ1) is 12.9. The van der Waals surface area contributed by atoms with Gasteiger partial charge in [-0.05, 0) is 36.8 Å². The van der Waals surface area contributed by atoms with Gasteiger partial charge in [0.25, 0.3) is 5.91 Å². The number of fused-ring (bicyclic) bond motifs is 1. The molecule has 27 heavy (non-hydrogen) atoms. The Hall–Kier alpha value is -2.28. The molecule has 0 radical (unpaired) electrons. The first-order valence-electron chi connectivity index (χ1n) is 8.40. The quantitative estimate of drug-likeness (QED) is 0.797. The Morgan fingerprint density at radius 2 is 2.04 bits per heavy atom. The number of nitrogens with one attached hydrogen (secondary N) is 1. The van der Waals surface area contributed by atoms with Crippen LogP contribution in [0.1, 0.15) is 18.5 Å². The van der Waals surface area contributed by atoms with E-state index in [2.05, 4.69) is 5.32 Å². The maximum Gasteiger partial charge on any atom is 0.260 e. The highest BCUT2D eigenvalue weighted by molar-refractivity contribution is 6.35. The van der Waals surface area contributed by atoms with E-state index in [4.69, 9.17) is 33.7 Å². The van der Waals surface area contributed by atoms with Crippen molar-refractivity contribution in [3.8, 4) is 5.75 Å². The van der Waals surface area contributed by atoms with Crippen molar-refractivity contribution in [2.45, 2.75) is 19.1 Å². The number of rotatable bonds is 5. The molecule has 2 atom stereocenters. The summed E-state index contributed by atoms with van der Waals surface area (Å²) < 4.78 is 5.58. The summed E-state index contributed by atoms with van der Waals surface area (Å²) >= 11 is 12.1. The second kappa shape index (κ2) is 8.17. The topological polar surface area (TPSA) is 84.7 Å². The SMILES string of the molecule is C[C@H](NCC(=O)N1C[C@H](C(N)=O)Oc2ccccc21)c1ccc(Cl)cc1Cl. The molecule has 1 aliphatic heterocycles. The largest absolute Gasteiger partial charge is 0.477 e. The Labute approximate surface area is 167 Å². The van der Waals surface area contributed by atoms with Crippen molar-refractivity contribution in [2.75, 3.05) is 18.0 Å². The molecule has 0 fully saturated rings. The summed E-state index contributed by atoms with van der Waals surface area (Å²) in [7, 11) is 0. The van der Waals surface area contributed by atoms with Gasteiger partial charge in [-0.25, -0.2) is 0 Å². The number of carbonyl (C=O) groups is 2. The molecule has 142 valence electrons. The van der Waals surface area contributed by atoms with Crippen LogP contribution in [0.4, 0.5) is 5.69 Å². The van der Waals surface area contributed by atoms with Crippen LogP contribution < -0.4 is 20.7 Å². The van der Waals surface area contributed by atoms with Crippen LogP contribution in [0, 0.1) is 0 Å². The third-order valence-corrected chi connectivity index (χ3v) is 4.94. The fourth-order valence-corrected chi connectivity index (χ4v) is 3.49. The van der Waals surface area contributed by atoms with Gasteiger partial charge < -0.3 is 20.7 Å². The van der Waals surface area contributed by atoms with Gasteiger partial charge in [-0.2, -0.15) is 0 Å². The fourth-order valence-electron chi connectivity index (χ4n) is 2.92.